The molecule has 0 radical (unpaired) electrons. The average Bonchev–Trinajstić information content (AvgIpc) is 2.45. The third kappa shape index (κ3) is 3.69. The van der Waals surface area contributed by atoms with Crippen LogP contribution >= 0.6 is 0 Å². The maximum atomic E-state index is 11.5. The number of sulfone groups is 1. The van der Waals surface area contributed by atoms with E-state index in [4.69, 9.17) is 0 Å². The van der Waals surface area contributed by atoms with E-state index in [1.807, 2.05) is 0 Å². The summed E-state index contributed by atoms with van der Waals surface area (Å²) in [6.45, 7) is 0. The van der Waals surface area contributed by atoms with Crippen molar-refractivity contribution in [3.63, 3.8) is 0 Å². The first-order valence-electron chi connectivity index (χ1n) is 7.15. The summed E-state index contributed by atoms with van der Waals surface area (Å²) in [6.07, 6.45) is -1.14. The number of aliphatic hydroxyl groups is 3. The highest BCUT2D eigenvalue weighted by atomic mass is 32.2. The number of nitrogens with zero attached hydrogens (tertiary/aromatic N) is 1. The predicted octanol–water partition coefficient (Wildman–Crippen LogP) is 0.554. The summed E-state index contributed by atoms with van der Waals surface area (Å²) in [5.74, 6) is -0.952. The van der Waals surface area contributed by atoms with Crippen LogP contribution in [-0.4, -0.2) is 47.1 Å². The second-order valence-electron chi connectivity index (χ2n) is 5.84. The zero-order valence-corrected chi connectivity index (χ0v) is 13.3. The average molecular weight is 345 g/mol. The van der Waals surface area contributed by atoms with Crippen LogP contribution in [0.4, 0.5) is 5.69 Å². The Bertz CT molecular complexity index is 693. The molecule has 3 N–H and O–H groups in total. The second kappa shape index (κ2) is 6.52. The lowest BCUT2D eigenvalue weighted by molar-refractivity contribution is -0.386. The van der Waals surface area contributed by atoms with Crippen LogP contribution in [0.15, 0.2) is 23.1 Å². The molecule has 128 valence electrons. The van der Waals surface area contributed by atoms with Gasteiger partial charge in [0.05, 0.1) is 33.7 Å². The van der Waals surface area contributed by atoms with Gasteiger partial charge < -0.3 is 15.3 Å². The van der Waals surface area contributed by atoms with Gasteiger partial charge >= 0.3 is 0 Å². The van der Waals surface area contributed by atoms with Crippen LogP contribution in [0, 0.1) is 16.0 Å². The Kier molecular flexibility index (Phi) is 5.04. The van der Waals surface area contributed by atoms with E-state index >= 15 is 0 Å². The molecule has 0 heterocycles. The zero-order valence-electron chi connectivity index (χ0n) is 12.5. The Hall–Kier alpha value is -1.55. The lowest BCUT2D eigenvalue weighted by Gasteiger charge is -2.35. The molecule has 1 aliphatic rings. The summed E-state index contributed by atoms with van der Waals surface area (Å²) in [6, 6.07) is 3.21. The second-order valence-corrected chi connectivity index (χ2v) is 7.85. The fourth-order valence-corrected chi connectivity index (χ4v) is 3.61. The van der Waals surface area contributed by atoms with Gasteiger partial charge in [-0.05, 0) is 31.4 Å². The summed E-state index contributed by atoms with van der Waals surface area (Å²) in [4.78, 5) is 10.2. The molecule has 1 fully saturated rings. The minimum Gasteiger partial charge on any atom is -0.393 e. The quantitative estimate of drug-likeness (QED) is 0.535. The van der Waals surface area contributed by atoms with Crippen LogP contribution in [0.3, 0.4) is 0 Å². The van der Waals surface area contributed by atoms with Gasteiger partial charge in [0, 0.05) is 18.2 Å². The number of rotatable bonds is 4. The van der Waals surface area contributed by atoms with Crippen molar-refractivity contribution in [1.82, 2.24) is 0 Å². The van der Waals surface area contributed by atoms with E-state index < -0.39 is 44.7 Å². The third-order valence-electron chi connectivity index (χ3n) is 4.20. The van der Waals surface area contributed by atoms with Crippen LogP contribution in [-0.2, 0) is 9.84 Å². The molecule has 0 aliphatic heterocycles. The zero-order chi connectivity index (χ0) is 17.4. The fraction of sp³-hybridized carbons (Fsp3) is 0.571. The molecular formula is C14H19NO7S. The first-order valence-corrected chi connectivity index (χ1v) is 9.04. The molecule has 8 nitrogen and oxygen atoms in total. The molecule has 1 aromatic carbocycles. The largest absolute Gasteiger partial charge is 0.393 e. The molecule has 0 aromatic heterocycles. The summed E-state index contributed by atoms with van der Waals surface area (Å²) >= 11 is 0. The molecule has 4 atom stereocenters. The molecule has 1 aromatic rings. The standard InChI is InChI=1S/C14H19NO7S/c1-23(21,22)8-5-6-9(10(7-8)15(19)20)14(18)13-11(16)3-2-4-12(13)17/h5-7,11-14,16-18H,2-4H2,1H3/t11-,12+,13?,14-/m0/s1. The van der Waals surface area contributed by atoms with Crippen LogP contribution < -0.4 is 0 Å². The van der Waals surface area contributed by atoms with E-state index in [2.05, 4.69) is 0 Å². The maximum absolute atomic E-state index is 11.5. The molecule has 23 heavy (non-hydrogen) atoms. The maximum Gasteiger partial charge on any atom is 0.276 e. The van der Waals surface area contributed by atoms with Gasteiger partial charge in [-0.25, -0.2) is 8.42 Å². The molecule has 1 aliphatic carbocycles. The van der Waals surface area contributed by atoms with Gasteiger partial charge in [0.25, 0.3) is 5.69 Å². The van der Waals surface area contributed by atoms with Crippen molar-refractivity contribution >= 4 is 15.5 Å². The summed E-state index contributed by atoms with van der Waals surface area (Å²) in [5, 5.41) is 41.7. The minimum atomic E-state index is -3.63. The number of nitro benzene ring substituents is 1. The number of aliphatic hydroxyl groups excluding tert-OH is 3. The van der Waals surface area contributed by atoms with Crippen LogP contribution in [0.2, 0.25) is 0 Å². The van der Waals surface area contributed by atoms with E-state index in [1.165, 1.54) is 6.07 Å². The highest BCUT2D eigenvalue weighted by Gasteiger charge is 2.39. The molecule has 0 spiro atoms. The number of benzene rings is 1. The van der Waals surface area contributed by atoms with Gasteiger partial charge in [-0.15, -0.1) is 0 Å². The fourth-order valence-electron chi connectivity index (χ4n) is 2.97. The van der Waals surface area contributed by atoms with Gasteiger partial charge in [0.1, 0.15) is 0 Å². The van der Waals surface area contributed by atoms with E-state index in [0.717, 1.165) is 18.4 Å². The highest BCUT2D eigenvalue weighted by molar-refractivity contribution is 7.90. The molecule has 0 saturated heterocycles. The number of hydrogen-bond acceptors (Lipinski definition) is 7. The number of hydrogen-bond donors (Lipinski definition) is 3. The Labute approximate surface area is 133 Å². The third-order valence-corrected chi connectivity index (χ3v) is 5.31. The molecular weight excluding hydrogens is 326 g/mol. The first kappa shape index (κ1) is 17.8. The van der Waals surface area contributed by atoms with Crippen LogP contribution in [0.5, 0.6) is 0 Å². The van der Waals surface area contributed by atoms with Crippen LogP contribution in [0.25, 0.3) is 0 Å². The van der Waals surface area contributed by atoms with Crippen molar-refractivity contribution in [2.45, 2.75) is 42.5 Å². The van der Waals surface area contributed by atoms with E-state index in [0.29, 0.717) is 19.3 Å². The van der Waals surface area contributed by atoms with E-state index in [1.54, 1.807) is 0 Å². The molecule has 1 saturated carbocycles. The van der Waals surface area contributed by atoms with E-state index in [-0.39, 0.29) is 10.5 Å². The van der Waals surface area contributed by atoms with Crippen molar-refractivity contribution in [1.29, 1.82) is 0 Å². The van der Waals surface area contributed by atoms with Crippen molar-refractivity contribution < 1.29 is 28.7 Å². The Morgan fingerprint density at radius 2 is 1.83 bits per heavy atom. The Morgan fingerprint density at radius 1 is 1.26 bits per heavy atom. The van der Waals surface area contributed by atoms with Crippen molar-refractivity contribution in [2.75, 3.05) is 6.26 Å². The van der Waals surface area contributed by atoms with Gasteiger partial charge in [-0.2, -0.15) is 0 Å². The van der Waals surface area contributed by atoms with Crippen molar-refractivity contribution in [3.05, 3.63) is 33.9 Å². The monoisotopic (exact) mass is 345 g/mol. The highest BCUT2D eigenvalue weighted by Crippen LogP contribution is 2.38. The first-order chi connectivity index (χ1) is 10.6. The van der Waals surface area contributed by atoms with Gasteiger partial charge in [0.15, 0.2) is 9.84 Å². The minimum absolute atomic E-state index is 0.118. The summed E-state index contributed by atoms with van der Waals surface area (Å²) in [7, 11) is -3.63. The van der Waals surface area contributed by atoms with E-state index in [9.17, 15) is 33.9 Å². The summed E-state index contributed by atoms with van der Waals surface area (Å²) < 4.78 is 23.1. The Balaban J connectivity index is 2.47. The van der Waals surface area contributed by atoms with Gasteiger partial charge in [0.2, 0.25) is 0 Å². The van der Waals surface area contributed by atoms with Crippen molar-refractivity contribution in [2.24, 2.45) is 5.92 Å². The molecule has 0 bridgehead atoms. The molecule has 2 rings (SSSR count). The topological polar surface area (TPSA) is 138 Å². The van der Waals surface area contributed by atoms with Crippen LogP contribution in [0.1, 0.15) is 30.9 Å². The van der Waals surface area contributed by atoms with Gasteiger partial charge in [-0.3, -0.25) is 10.1 Å². The molecule has 0 amide bonds. The van der Waals surface area contributed by atoms with Crippen molar-refractivity contribution in [3.8, 4) is 0 Å². The SMILES string of the molecule is CS(=O)(=O)c1ccc([C@H](O)C2[C@H](O)CCC[C@@H]2O)c([N+](=O)[O-])c1. The lowest BCUT2D eigenvalue weighted by atomic mass is 9.78. The smallest absolute Gasteiger partial charge is 0.276 e. The Morgan fingerprint density at radius 3 is 2.30 bits per heavy atom. The number of nitro groups is 1. The summed E-state index contributed by atoms with van der Waals surface area (Å²) in [5.41, 5.74) is -0.669. The van der Waals surface area contributed by atoms with Gasteiger partial charge in [-0.1, -0.05) is 0 Å². The molecule has 1 unspecified atom stereocenters. The molecule has 9 heteroatoms. The predicted molar refractivity (Wildman–Crippen MR) is 80.5 cm³/mol. The normalized spacial score (nSPS) is 26.7. The lowest BCUT2D eigenvalue weighted by Crippen LogP contribution is -2.40.